The van der Waals surface area contributed by atoms with E-state index >= 15 is 0 Å². The summed E-state index contributed by atoms with van der Waals surface area (Å²) in [5.74, 6) is -0.216. The zero-order valence-electron chi connectivity index (χ0n) is 10.6. The molecule has 17 heavy (non-hydrogen) atoms. The smallest absolute Gasteiger partial charge is 0.309 e. The van der Waals surface area contributed by atoms with Crippen LogP contribution in [-0.2, 0) is 11.2 Å². The number of carboxylic acids is 1. The van der Waals surface area contributed by atoms with E-state index in [1.165, 1.54) is 13.2 Å². The van der Waals surface area contributed by atoms with Crippen molar-refractivity contribution >= 4 is 5.97 Å². The number of aliphatic carboxylic acids is 1. The lowest BCUT2D eigenvalue weighted by Crippen LogP contribution is -2.26. The van der Waals surface area contributed by atoms with Crippen molar-refractivity contribution in [1.29, 1.82) is 0 Å². The number of benzene rings is 1. The lowest BCUT2D eigenvalue weighted by molar-refractivity contribution is -0.146. The second-order valence-corrected chi connectivity index (χ2v) is 4.82. The third kappa shape index (κ3) is 2.90. The number of aromatic hydroxyl groups is 1. The third-order valence-corrected chi connectivity index (χ3v) is 2.81. The van der Waals surface area contributed by atoms with E-state index in [4.69, 9.17) is 9.84 Å². The second-order valence-electron chi connectivity index (χ2n) is 4.82. The molecule has 1 aromatic rings. The highest BCUT2D eigenvalue weighted by molar-refractivity contribution is 5.74. The predicted molar refractivity (Wildman–Crippen MR) is 64.5 cm³/mol. The summed E-state index contributed by atoms with van der Waals surface area (Å²) in [5.41, 5.74) is 0.593. The van der Waals surface area contributed by atoms with Gasteiger partial charge in [-0.05, 0) is 44.4 Å². The summed E-state index contributed by atoms with van der Waals surface area (Å²) in [6, 6.07) is 3.28. The molecule has 1 aromatic carbocycles. The van der Waals surface area contributed by atoms with Gasteiger partial charge in [0.25, 0.3) is 0 Å². The van der Waals surface area contributed by atoms with Crippen LogP contribution in [0.2, 0.25) is 0 Å². The van der Waals surface area contributed by atoms with Crippen molar-refractivity contribution in [1.82, 2.24) is 0 Å². The number of hydrogen-bond acceptors (Lipinski definition) is 3. The van der Waals surface area contributed by atoms with E-state index in [-0.39, 0.29) is 12.2 Å². The summed E-state index contributed by atoms with van der Waals surface area (Å²) >= 11 is 0. The second kappa shape index (κ2) is 4.65. The number of ether oxygens (including phenoxy) is 1. The zero-order valence-corrected chi connectivity index (χ0v) is 10.6. The maximum atomic E-state index is 11.0. The molecule has 0 aliphatic carbocycles. The van der Waals surface area contributed by atoms with Crippen LogP contribution >= 0.6 is 0 Å². The fourth-order valence-electron chi connectivity index (χ4n) is 1.65. The Hall–Kier alpha value is -1.71. The molecule has 4 nitrogen and oxygen atoms in total. The Balaban J connectivity index is 3.08. The normalized spacial score (nSPS) is 11.3. The molecule has 0 spiro atoms. The largest absolute Gasteiger partial charge is 0.508 e. The average Bonchev–Trinajstić information content (AvgIpc) is 2.22. The Morgan fingerprint density at radius 2 is 2.00 bits per heavy atom. The SMILES string of the molecule is COc1cc(O)c(CC(C)(C)C(=O)O)cc1C. The van der Waals surface area contributed by atoms with Crippen molar-refractivity contribution in [3.05, 3.63) is 23.3 Å². The number of carboxylic acid groups (broad SMARTS) is 1. The molecule has 0 aliphatic heterocycles. The first kappa shape index (κ1) is 13.4. The fraction of sp³-hybridized carbons (Fsp3) is 0.462. The first-order valence-electron chi connectivity index (χ1n) is 5.38. The molecule has 0 fully saturated rings. The molecule has 0 atom stereocenters. The Kier molecular flexibility index (Phi) is 3.66. The number of rotatable bonds is 4. The van der Waals surface area contributed by atoms with Gasteiger partial charge in [-0.2, -0.15) is 0 Å². The zero-order chi connectivity index (χ0) is 13.2. The average molecular weight is 238 g/mol. The van der Waals surface area contributed by atoms with Crippen LogP contribution in [0.25, 0.3) is 0 Å². The Morgan fingerprint density at radius 1 is 1.41 bits per heavy atom. The van der Waals surface area contributed by atoms with Crippen molar-refractivity contribution in [3.8, 4) is 11.5 Å². The lowest BCUT2D eigenvalue weighted by atomic mass is 9.85. The van der Waals surface area contributed by atoms with Crippen LogP contribution in [0, 0.1) is 12.3 Å². The first-order chi connectivity index (χ1) is 7.77. The van der Waals surface area contributed by atoms with Crippen molar-refractivity contribution in [2.45, 2.75) is 27.2 Å². The molecular weight excluding hydrogens is 220 g/mol. The summed E-state index contributed by atoms with van der Waals surface area (Å²) < 4.78 is 5.08. The molecule has 1 rings (SSSR count). The van der Waals surface area contributed by atoms with Crippen molar-refractivity contribution in [2.75, 3.05) is 7.11 Å². The van der Waals surface area contributed by atoms with E-state index in [1.54, 1.807) is 19.9 Å². The highest BCUT2D eigenvalue weighted by Crippen LogP contribution is 2.32. The number of carbonyl (C=O) groups is 1. The molecule has 0 aromatic heterocycles. The molecule has 0 amide bonds. The molecule has 0 aliphatic rings. The van der Waals surface area contributed by atoms with Crippen LogP contribution in [-0.4, -0.2) is 23.3 Å². The number of methoxy groups -OCH3 is 1. The third-order valence-electron chi connectivity index (χ3n) is 2.81. The molecular formula is C13H18O4. The Labute approximate surface area is 101 Å². The van der Waals surface area contributed by atoms with Gasteiger partial charge in [-0.3, -0.25) is 4.79 Å². The van der Waals surface area contributed by atoms with E-state index < -0.39 is 11.4 Å². The highest BCUT2D eigenvalue weighted by Gasteiger charge is 2.28. The van der Waals surface area contributed by atoms with Gasteiger partial charge in [-0.25, -0.2) is 0 Å². The topological polar surface area (TPSA) is 66.8 Å². The van der Waals surface area contributed by atoms with Crippen LogP contribution in [0.3, 0.4) is 0 Å². The van der Waals surface area contributed by atoms with Crippen LogP contribution in [0.1, 0.15) is 25.0 Å². The van der Waals surface area contributed by atoms with Gasteiger partial charge in [0.2, 0.25) is 0 Å². The van der Waals surface area contributed by atoms with Crippen LogP contribution in [0.5, 0.6) is 11.5 Å². The summed E-state index contributed by atoms with van der Waals surface area (Å²) in [6.45, 7) is 5.12. The van der Waals surface area contributed by atoms with Gasteiger partial charge in [0, 0.05) is 6.07 Å². The molecule has 94 valence electrons. The summed E-state index contributed by atoms with van der Waals surface area (Å²) in [6.07, 6.45) is 0.277. The minimum absolute atomic E-state index is 0.0711. The maximum Gasteiger partial charge on any atom is 0.309 e. The van der Waals surface area contributed by atoms with Gasteiger partial charge in [0.1, 0.15) is 11.5 Å². The van der Waals surface area contributed by atoms with E-state index in [2.05, 4.69) is 0 Å². The van der Waals surface area contributed by atoms with Crippen LogP contribution in [0.4, 0.5) is 0 Å². The molecule has 0 heterocycles. The summed E-state index contributed by atoms with van der Waals surface area (Å²) in [5, 5.41) is 18.9. The van der Waals surface area contributed by atoms with E-state index in [0.717, 1.165) is 5.56 Å². The summed E-state index contributed by atoms with van der Waals surface area (Å²) in [4.78, 5) is 11.0. The Bertz CT molecular complexity index is 435. The number of phenolic OH excluding ortho intramolecular Hbond substituents is 1. The van der Waals surface area contributed by atoms with Gasteiger partial charge >= 0.3 is 5.97 Å². The van der Waals surface area contributed by atoms with Crippen LogP contribution < -0.4 is 4.74 Å². The predicted octanol–water partition coefficient (Wildman–Crippen LogP) is 2.36. The number of phenols is 1. The van der Waals surface area contributed by atoms with Gasteiger partial charge in [0.15, 0.2) is 0 Å². The molecule has 0 bridgehead atoms. The van der Waals surface area contributed by atoms with E-state index in [1.807, 2.05) is 6.92 Å². The molecule has 2 N–H and O–H groups in total. The molecule has 0 saturated carbocycles. The van der Waals surface area contributed by atoms with Crippen molar-refractivity contribution in [2.24, 2.45) is 5.41 Å². The van der Waals surface area contributed by atoms with Gasteiger partial charge in [-0.15, -0.1) is 0 Å². The maximum absolute atomic E-state index is 11.0. The fourth-order valence-corrected chi connectivity index (χ4v) is 1.65. The number of aryl methyl sites for hydroxylation is 1. The Morgan fingerprint density at radius 3 is 2.47 bits per heavy atom. The van der Waals surface area contributed by atoms with E-state index in [9.17, 15) is 9.90 Å². The van der Waals surface area contributed by atoms with Crippen LogP contribution in [0.15, 0.2) is 12.1 Å². The molecule has 0 unspecified atom stereocenters. The van der Waals surface area contributed by atoms with E-state index in [0.29, 0.717) is 11.3 Å². The van der Waals surface area contributed by atoms with Gasteiger partial charge < -0.3 is 14.9 Å². The van der Waals surface area contributed by atoms with Crippen molar-refractivity contribution < 1.29 is 19.7 Å². The highest BCUT2D eigenvalue weighted by atomic mass is 16.5. The molecule has 0 saturated heterocycles. The quantitative estimate of drug-likeness (QED) is 0.845. The summed E-state index contributed by atoms with van der Waals surface area (Å²) in [7, 11) is 1.53. The minimum Gasteiger partial charge on any atom is -0.508 e. The number of hydrogen-bond donors (Lipinski definition) is 2. The van der Waals surface area contributed by atoms with Gasteiger partial charge in [-0.1, -0.05) is 0 Å². The van der Waals surface area contributed by atoms with Crippen molar-refractivity contribution in [3.63, 3.8) is 0 Å². The monoisotopic (exact) mass is 238 g/mol. The minimum atomic E-state index is -0.904. The molecule has 4 heteroatoms. The first-order valence-corrected chi connectivity index (χ1v) is 5.38. The lowest BCUT2D eigenvalue weighted by Gasteiger charge is -2.20. The van der Waals surface area contributed by atoms with Gasteiger partial charge in [0.05, 0.1) is 12.5 Å². The molecule has 0 radical (unpaired) electrons. The standard InChI is InChI=1S/C13H18O4/c1-8-5-9(7-13(2,3)12(15)16)10(14)6-11(8)17-4/h5-6,14H,7H2,1-4H3,(H,15,16).